The highest BCUT2D eigenvalue weighted by molar-refractivity contribution is 6.06. The second-order valence-electron chi connectivity index (χ2n) is 12.0. The summed E-state index contributed by atoms with van der Waals surface area (Å²) >= 11 is 0. The number of pyridine rings is 1. The van der Waals surface area contributed by atoms with Crippen LogP contribution in [0.3, 0.4) is 0 Å². The van der Waals surface area contributed by atoms with Gasteiger partial charge in [-0.05, 0) is 69.2 Å². The molecule has 0 bridgehead atoms. The number of benzene rings is 2. The van der Waals surface area contributed by atoms with Gasteiger partial charge in [-0.2, -0.15) is 0 Å². The number of morpholine rings is 1. The molecule has 2 saturated heterocycles. The summed E-state index contributed by atoms with van der Waals surface area (Å²) in [6, 6.07) is 14.2. The summed E-state index contributed by atoms with van der Waals surface area (Å²) in [5.74, 6) is 0.312. The quantitative estimate of drug-likeness (QED) is 0.400. The van der Waals surface area contributed by atoms with Gasteiger partial charge in [0.25, 0.3) is 5.91 Å². The molecule has 3 N–H and O–H groups in total. The minimum atomic E-state index is -0.567. The van der Waals surface area contributed by atoms with Crippen LogP contribution in [0.5, 0.6) is 5.75 Å². The predicted molar refractivity (Wildman–Crippen MR) is 167 cm³/mol. The number of ether oxygens (including phenoxy) is 3. The summed E-state index contributed by atoms with van der Waals surface area (Å²) in [6.45, 7) is 10.7. The van der Waals surface area contributed by atoms with Crippen LogP contribution in [0.2, 0.25) is 0 Å². The number of carbonyl (C=O) groups excluding carboxylic acids is 3. The van der Waals surface area contributed by atoms with Crippen LogP contribution in [0.25, 0.3) is 11.1 Å². The molecule has 11 nitrogen and oxygen atoms in total. The number of likely N-dealkylation sites (tertiary alicyclic amines) is 1. The third-order valence-corrected chi connectivity index (χ3v) is 7.48. The summed E-state index contributed by atoms with van der Waals surface area (Å²) in [6.07, 6.45) is 1.68. The Hall–Kier alpha value is -4.64. The van der Waals surface area contributed by atoms with Crippen molar-refractivity contribution < 1.29 is 28.6 Å². The molecular weight excluding hydrogens is 562 g/mol. The summed E-state index contributed by atoms with van der Waals surface area (Å²) in [5, 5.41) is 3.01. The Morgan fingerprint density at radius 3 is 2.55 bits per heavy atom. The lowest BCUT2D eigenvalue weighted by Gasteiger charge is -2.30. The number of primary amides is 1. The average Bonchev–Trinajstić information content (AvgIpc) is 3.46. The maximum Gasteiger partial charge on any atom is 0.410 e. The van der Waals surface area contributed by atoms with Gasteiger partial charge in [0.2, 0.25) is 5.91 Å². The monoisotopic (exact) mass is 601 g/mol. The van der Waals surface area contributed by atoms with E-state index in [4.69, 9.17) is 19.9 Å². The Morgan fingerprint density at radius 2 is 1.82 bits per heavy atom. The summed E-state index contributed by atoms with van der Waals surface area (Å²) in [4.78, 5) is 46.6. The van der Waals surface area contributed by atoms with Crippen LogP contribution in [-0.2, 0) is 9.47 Å². The first-order valence-corrected chi connectivity index (χ1v) is 14.8. The molecule has 232 valence electrons. The van der Waals surface area contributed by atoms with Gasteiger partial charge in [-0.3, -0.25) is 9.59 Å². The minimum Gasteiger partial charge on any atom is -0.488 e. The van der Waals surface area contributed by atoms with E-state index in [1.807, 2.05) is 45.9 Å². The van der Waals surface area contributed by atoms with Gasteiger partial charge in [-0.1, -0.05) is 18.2 Å². The lowest BCUT2D eigenvalue weighted by molar-refractivity contribution is 0.0275. The van der Waals surface area contributed by atoms with Crippen LogP contribution in [0.4, 0.5) is 16.3 Å². The summed E-state index contributed by atoms with van der Waals surface area (Å²) < 4.78 is 17.1. The molecule has 0 spiro atoms. The average molecular weight is 602 g/mol. The molecule has 0 aliphatic carbocycles. The molecule has 2 aromatic carbocycles. The van der Waals surface area contributed by atoms with Gasteiger partial charge in [0.15, 0.2) is 0 Å². The van der Waals surface area contributed by atoms with Crippen LogP contribution in [0.15, 0.2) is 54.7 Å². The highest BCUT2D eigenvalue weighted by Gasteiger charge is 2.31. The zero-order valence-electron chi connectivity index (χ0n) is 25.6. The van der Waals surface area contributed by atoms with Crippen molar-refractivity contribution in [2.45, 2.75) is 45.8 Å². The third-order valence-electron chi connectivity index (χ3n) is 7.48. The number of aromatic nitrogens is 1. The van der Waals surface area contributed by atoms with E-state index in [0.29, 0.717) is 85.3 Å². The fraction of sp³-hybridized carbons (Fsp3) is 0.394. The van der Waals surface area contributed by atoms with Gasteiger partial charge < -0.3 is 35.1 Å². The largest absolute Gasteiger partial charge is 0.488 e. The molecule has 3 aromatic rings. The zero-order valence-corrected chi connectivity index (χ0v) is 25.6. The molecule has 5 rings (SSSR count). The molecule has 2 fully saturated rings. The summed E-state index contributed by atoms with van der Waals surface area (Å²) in [7, 11) is 0. The molecular formula is C33H39N5O6. The van der Waals surface area contributed by atoms with E-state index in [2.05, 4.69) is 15.2 Å². The van der Waals surface area contributed by atoms with E-state index in [1.54, 1.807) is 41.4 Å². The zero-order chi connectivity index (χ0) is 31.4. The fourth-order valence-corrected chi connectivity index (χ4v) is 5.28. The summed E-state index contributed by atoms with van der Waals surface area (Å²) in [5.41, 5.74) is 8.75. The van der Waals surface area contributed by atoms with E-state index >= 15 is 0 Å². The molecule has 1 aromatic heterocycles. The number of hydrogen-bond acceptors (Lipinski definition) is 8. The predicted octanol–water partition coefficient (Wildman–Crippen LogP) is 4.63. The third kappa shape index (κ3) is 7.28. The first-order valence-electron chi connectivity index (χ1n) is 14.8. The van der Waals surface area contributed by atoms with Crippen LogP contribution >= 0.6 is 0 Å². The van der Waals surface area contributed by atoms with Crippen molar-refractivity contribution in [3.63, 3.8) is 0 Å². The van der Waals surface area contributed by atoms with Crippen molar-refractivity contribution in [1.82, 2.24) is 9.88 Å². The van der Waals surface area contributed by atoms with E-state index in [0.717, 1.165) is 5.56 Å². The second-order valence-corrected chi connectivity index (χ2v) is 12.0. The Labute approximate surface area is 257 Å². The minimum absolute atomic E-state index is 0.209. The lowest BCUT2D eigenvalue weighted by atomic mass is 9.97. The van der Waals surface area contributed by atoms with Crippen LogP contribution in [-0.4, -0.2) is 78.9 Å². The van der Waals surface area contributed by atoms with E-state index < -0.39 is 11.5 Å². The van der Waals surface area contributed by atoms with Crippen molar-refractivity contribution in [2.24, 2.45) is 5.73 Å². The normalized spacial score (nSPS) is 16.9. The SMILES string of the molecule is Cc1ccc(-c2c(C(N)=O)ccnc2N2CCOCC2)cc1NC(=O)c1cccc(OC2CCN(C(=O)OC(C)(C)C)C2)c1. The Morgan fingerprint density at radius 1 is 1.05 bits per heavy atom. The van der Waals surface area contributed by atoms with Gasteiger partial charge in [0.05, 0.1) is 25.3 Å². The van der Waals surface area contributed by atoms with Crippen molar-refractivity contribution >= 4 is 29.4 Å². The molecule has 3 amide bonds. The first-order chi connectivity index (χ1) is 21.0. The molecule has 11 heteroatoms. The van der Waals surface area contributed by atoms with Crippen molar-refractivity contribution in [2.75, 3.05) is 49.6 Å². The molecule has 0 radical (unpaired) electrons. The second kappa shape index (κ2) is 12.9. The first kappa shape index (κ1) is 30.8. The fourth-order valence-electron chi connectivity index (χ4n) is 5.28. The van der Waals surface area contributed by atoms with Crippen LogP contribution in [0, 0.1) is 6.92 Å². The number of carbonyl (C=O) groups is 3. The highest BCUT2D eigenvalue weighted by atomic mass is 16.6. The smallest absolute Gasteiger partial charge is 0.410 e. The van der Waals surface area contributed by atoms with Crippen LogP contribution in [0.1, 0.15) is 53.5 Å². The van der Waals surface area contributed by atoms with Crippen molar-refractivity contribution in [3.05, 3.63) is 71.4 Å². The van der Waals surface area contributed by atoms with Crippen molar-refractivity contribution in [3.8, 4) is 16.9 Å². The van der Waals surface area contributed by atoms with E-state index in [9.17, 15) is 14.4 Å². The molecule has 1 atom stereocenters. The molecule has 2 aliphatic rings. The number of nitrogens with zero attached hydrogens (tertiary/aromatic N) is 3. The molecule has 44 heavy (non-hydrogen) atoms. The number of hydrogen-bond donors (Lipinski definition) is 2. The molecule has 0 saturated carbocycles. The topological polar surface area (TPSA) is 136 Å². The van der Waals surface area contributed by atoms with Gasteiger partial charge in [-0.15, -0.1) is 0 Å². The number of nitrogens with two attached hydrogens (primary N) is 1. The Bertz CT molecular complexity index is 1550. The highest BCUT2D eigenvalue weighted by Crippen LogP contribution is 2.35. The van der Waals surface area contributed by atoms with E-state index in [-0.39, 0.29) is 18.1 Å². The Balaban J connectivity index is 1.33. The molecule has 1 unspecified atom stereocenters. The van der Waals surface area contributed by atoms with Crippen molar-refractivity contribution in [1.29, 1.82) is 0 Å². The maximum absolute atomic E-state index is 13.4. The maximum atomic E-state index is 13.4. The van der Waals surface area contributed by atoms with Gasteiger partial charge in [0.1, 0.15) is 23.3 Å². The standard InChI is InChI=1S/C33H39N5O6/c1-21-8-9-22(28-26(29(34)39)10-12-35-30(28)37-14-16-42-17-15-37)19-27(21)36-31(40)23-6-5-7-24(18-23)43-25-11-13-38(20-25)32(41)44-33(2,3)4/h5-10,12,18-19,25H,11,13-17,20H2,1-4H3,(H2,34,39)(H,36,40). The number of amides is 3. The van der Waals surface area contributed by atoms with Gasteiger partial charge >= 0.3 is 6.09 Å². The number of nitrogens with one attached hydrogen (secondary N) is 1. The number of aryl methyl sites for hydroxylation is 1. The van der Waals surface area contributed by atoms with Gasteiger partial charge in [-0.25, -0.2) is 9.78 Å². The van der Waals surface area contributed by atoms with E-state index in [1.165, 1.54) is 0 Å². The molecule has 3 heterocycles. The lowest BCUT2D eigenvalue weighted by Crippen LogP contribution is -2.37. The number of anilines is 2. The van der Waals surface area contributed by atoms with Crippen LogP contribution < -0.4 is 20.7 Å². The Kier molecular flexibility index (Phi) is 9.05. The number of rotatable bonds is 7. The van der Waals surface area contributed by atoms with Gasteiger partial charge in [0, 0.05) is 49.1 Å². The molecule has 2 aliphatic heterocycles.